The predicted octanol–water partition coefficient (Wildman–Crippen LogP) is 0.399. The number of benzene rings is 1. The molecule has 1 aliphatic heterocycles. The summed E-state index contributed by atoms with van der Waals surface area (Å²) in [6, 6.07) is 8.89. The zero-order chi connectivity index (χ0) is 22.5. The molecule has 1 unspecified atom stereocenters. The molecule has 2 heterocycles. The van der Waals surface area contributed by atoms with Gasteiger partial charge in [0.05, 0.1) is 18.6 Å². The van der Waals surface area contributed by atoms with Crippen LogP contribution < -0.4 is 11.2 Å². The second-order valence-electron chi connectivity index (χ2n) is 6.62. The molecule has 0 bridgehead atoms. The highest BCUT2D eigenvalue weighted by Crippen LogP contribution is 2.35. The average Bonchev–Trinajstić information content (AvgIpc) is 3.04. The van der Waals surface area contributed by atoms with E-state index in [0.717, 1.165) is 16.9 Å². The summed E-state index contributed by atoms with van der Waals surface area (Å²) in [6.45, 7) is -0.0104. The molecule has 1 saturated heterocycles. The van der Waals surface area contributed by atoms with Crippen LogP contribution in [0.5, 0.6) is 0 Å². The quantitative estimate of drug-likeness (QED) is 0.451. The Kier molecular flexibility index (Phi) is 7.26. The van der Waals surface area contributed by atoms with Crippen molar-refractivity contribution in [3.8, 4) is 0 Å². The summed E-state index contributed by atoms with van der Waals surface area (Å²) in [5.74, 6) is -1.55. The zero-order valence-corrected chi connectivity index (χ0v) is 17.2. The van der Waals surface area contributed by atoms with Gasteiger partial charge < -0.3 is 14.6 Å². The second-order valence-corrected chi connectivity index (χ2v) is 7.31. The zero-order valence-electron chi connectivity index (χ0n) is 16.3. The molecule has 0 spiro atoms. The molecule has 11 nitrogen and oxygen atoms in total. The molecule has 0 aliphatic carbocycles. The molecule has 1 aliphatic rings. The standard InChI is InChI=1S/C19H19N2O9P/c1-28-11-13-16(23)14(8-10-29-31(26)27)30-18(13)20-9-7-15(22)21(19(20)25)17(24)12-5-3-2-4-6-12/h2-10,13-14,16,18,23H,11H2,1H3/p+1/b10-8+/t13-,14-,16+,18-/m1/s1. The number of ether oxygens (including phenoxy) is 2. The highest BCUT2D eigenvalue weighted by molar-refractivity contribution is 7.32. The van der Waals surface area contributed by atoms with Crippen LogP contribution in [-0.2, 0) is 18.6 Å². The van der Waals surface area contributed by atoms with Crippen LogP contribution in [0.2, 0.25) is 0 Å². The van der Waals surface area contributed by atoms with E-state index in [1.807, 2.05) is 0 Å². The first-order valence-corrected chi connectivity index (χ1v) is 10.2. The minimum Gasteiger partial charge on any atom is -0.390 e. The summed E-state index contributed by atoms with van der Waals surface area (Å²) in [5, 5.41) is 10.6. The molecule has 2 N–H and O–H groups in total. The van der Waals surface area contributed by atoms with E-state index >= 15 is 0 Å². The molecule has 1 aromatic heterocycles. The molecule has 5 atom stereocenters. The van der Waals surface area contributed by atoms with E-state index in [-0.39, 0.29) is 12.2 Å². The van der Waals surface area contributed by atoms with E-state index in [4.69, 9.17) is 14.4 Å². The van der Waals surface area contributed by atoms with E-state index in [1.54, 1.807) is 18.2 Å². The lowest BCUT2D eigenvalue weighted by Gasteiger charge is -2.21. The van der Waals surface area contributed by atoms with Crippen LogP contribution in [0.15, 0.2) is 64.5 Å². The molecule has 0 amide bonds. The van der Waals surface area contributed by atoms with Crippen molar-refractivity contribution in [3.63, 3.8) is 0 Å². The fourth-order valence-electron chi connectivity index (χ4n) is 3.31. The Morgan fingerprint density at radius 2 is 1.97 bits per heavy atom. The van der Waals surface area contributed by atoms with Gasteiger partial charge in [0.2, 0.25) is 0 Å². The summed E-state index contributed by atoms with van der Waals surface area (Å²) >= 11 is 0. The molecule has 12 heteroatoms. The fraction of sp³-hybridized carbons (Fsp3) is 0.316. The van der Waals surface area contributed by atoms with Crippen LogP contribution in [0.1, 0.15) is 16.6 Å². The van der Waals surface area contributed by atoms with Gasteiger partial charge in [-0.05, 0) is 18.2 Å². The number of nitrogens with zero attached hydrogens (tertiary/aromatic N) is 2. The van der Waals surface area contributed by atoms with Gasteiger partial charge in [-0.25, -0.2) is 9.32 Å². The molecule has 1 aromatic carbocycles. The van der Waals surface area contributed by atoms with Crippen molar-refractivity contribution >= 4 is 14.2 Å². The van der Waals surface area contributed by atoms with Crippen LogP contribution in [0.4, 0.5) is 0 Å². The van der Waals surface area contributed by atoms with Crippen LogP contribution in [0, 0.1) is 5.92 Å². The summed E-state index contributed by atoms with van der Waals surface area (Å²) < 4.78 is 27.4. The lowest BCUT2D eigenvalue weighted by molar-refractivity contribution is -0.0139. The maximum absolute atomic E-state index is 13.0. The molecule has 0 saturated carbocycles. The summed E-state index contributed by atoms with van der Waals surface area (Å²) in [4.78, 5) is 46.8. The van der Waals surface area contributed by atoms with Gasteiger partial charge in [0, 0.05) is 29.5 Å². The van der Waals surface area contributed by atoms with Crippen molar-refractivity contribution in [2.45, 2.75) is 18.4 Å². The third-order valence-electron chi connectivity index (χ3n) is 4.72. The number of carbonyl (C=O) groups excluding carboxylic acids is 1. The number of aromatic nitrogens is 2. The minimum atomic E-state index is -2.88. The van der Waals surface area contributed by atoms with Crippen molar-refractivity contribution in [2.75, 3.05) is 13.7 Å². The Balaban J connectivity index is 1.99. The predicted molar refractivity (Wildman–Crippen MR) is 106 cm³/mol. The number of hydrogen-bond acceptors (Lipinski definition) is 8. The number of carbonyl (C=O) groups is 1. The molecule has 2 aromatic rings. The third-order valence-corrected chi connectivity index (χ3v) is 5.03. The van der Waals surface area contributed by atoms with Crippen LogP contribution in [0.3, 0.4) is 0 Å². The first-order chi connectivity index (χ1) is 14.8. The maximum Gasteiger partial charge on any atom is 0.746 e. The topological polar surface area (TPSA) is 146 Å². The average molecular weight is 451 g/mol. The van der Waals surface area contributed by atoms with Crippen molar-refractivity contribution in [3.05, 3.63) is 81.3 Å². The Morgan fingerprint density at radius 1 is 1.26 bits per heavy atom. The molecular weight excluding hydrogens is 431 g/mol. The van der Waals surface area contributed by atoms with E-state index in [2.05, 4.69) is 4.52 Å². The highest BCUT2D eigenvalue weighted by atomic mass is 31.1. The lowest BCUT2D eigenvalue weighted by atomic mass is 10.0. The SMILES string of the molecule is COC[C@@H]1[C@H](O)[C@@H](/C=C/O[P+](=O)O)O[C@H]1n1ccc(=O)n(C(=O)c2ccccc2)c1=O. The fourth-order valence-corrected chi connectivity index (χ4v) is 3.48. The van der Waals surface area contributed by atoms with Crippen molar-refractivity contribution in [1.82, 2.24) is 9.13 Å². The maximum atomic E-state index is 13.0. The number of hydrogen-bond donors (Lipinski definition) is 2. The Bertz CT molecular complexity index is 1100. The van der Waals surface area contributed by atoms with Crippen molar-refractivity contribution < 1.29 is 33.4 Å². The largest absolute Gasteiger partial charge is 0.746 e. The molecule has 3 rings (SSSR count). The molecule has 164 valence electrons. The second kappa shape index (κ2) is 9.90. The van der Waals surface area contributed by atoms with Gasteiger partial charge in [-0.1, -0.05) is 18.2 Å². The summed E-state index contributed by atoms with van der Waals surface area (Å²) in [6.07, 6.45) is 0.0345. The van der Waals surface area contributed by atoms with Gasteiger partial charge in [-0.15, -0.1) is 4.89 Å². The van der Waals surface area contributed by atoms with E-state index < -0.39 is 49.8 Å². The van der Waals surface area contributed by atoms with Gasteiger partial charge in [0.15, 0.2) is 6.26 Å². The molecule has 31 heavy (non-hydrogen) atoms. The van der Waals surface area contributed by atoms with E-state index in [9.17, 15) is 24.1 Å². The normalized spacial score (nSPS) is 23.8. The number of rotatable bonds is 7. The molecule has 0 radical (unpaired) electrons. The van der Waals surface area contributed by atoms with Gasteiger partial charge >= 0.3 is 13.9 Å². The summed E-state index contributed by atoms with van der Waals surface area (Å²) in [5.41, 5.74) is -1.61. The highest BCUT2D eigenvalue weighted by Gasteiger charge is 2.44. The Morgan fingerprint density at radius 3 is 2.61 bits per heavy atom. The van der Waals surface area contributed by atoms with Crippen LogP contribution in [-0.4, -0.2) is 51.0 Å². The Labute approximate surface area is 176 Å². The van der Waals surface area contributed by atoms with Crippen LogP contribution in [0.25, 0.3) is 0 Å². The third kappa shape index (κ3) is 4.87. The summed E-state index contributed by atoms with van der Waals surface area (Å²) in [7, 11) is -1.48. The van der Waals surface area contributed by atoms with Gasteiger partial charge in [-0.3, -0.25) is 14.2 Å². The van der Waals surface area contributed by atoms with E-state index in [1.165, 1.54) is 31.5 Å². The van der Waals surface area contributed by atoms with Gasteiger partial charge in [0.25, 0.3) is 11.5 Å². The smallest absolute Gasteiger partial charge is 0.390 e. The first-order valence-electron chi connectivity index (χ1n) is 9.11. The minimum absolute atomic E-state index is 0.0104. The van der Waals surface area contributed by atoms with Crippen molar-refractivity contribution in [1.29, 1.82) is 0 Å². The molecule has 1 fully saturated rings. The number of methoxy groups -OCH3 is 1. The number of aliphatic hydroxyl groups is 1. The Hall–Kier alpha value is -2.95. The molecular formula is C19H20N2O9P+. The lowest BCUT2D eigenvalue weighted by Crippen LogP contribution is -2.45. The first kappa shape index (κ1) is 22.7. The van der Waals surface area contributed by atoms with Gasteiger partial charge in [-0.2, -0.15) is 4.57 Å². The van der Waals surface area contributed by atoms with Crippen LogP contribution >= 0.6 is 8.25 Å². The van der Waals surface area contributed by atoms with E-state index in [0.29, 0.717) is 4.57 Å². The monoisotopic (exact) mass is 451 g/mol. The van der Waals surface area contributed by atoms with Crippen molar-refractivity contribution in [2.24, 2.45) is 5.92 Å². The number of aliphatic hydroxyl groups excluding tert-OH is 1. The van der Waals surface area contributed by atoms with Gasteiger partial charge in [0.1, 0.15) is 12.3 Å².